The van der Waals surface area contributed by atoms with E-state index >= 15 is 0 Å². The van der Waals surface area contributed by atoms with Crippen LogP contribution in [0.2, 0.25) is 0 Å². The van der Waals surface area contributed by atoms with E-state index in [0.717, 1.165) is 39.1 Å². The fourth-order valence-corrected chi connectivity index (χ4v) is 9.10. The lowest BCUT2D eigenvalue weighted by Crippen LogP contribution is -2.69. The van der Waals surface area contributed by atoms with E-state index in [1.807, 2.05) is 51.2 Å². The minimum absolute atomic E-state index is 0.0938. The number of fused-ring (bicyclic) bond motifs is 7. The predicted octanol–water partition coefficient (Wildman–Crippen LogP) is 5.97. The van der Waals surface area contributed by atoms with Gasteiger partial charge in [-0.2, -0.15) is 5.26 Å². The third-order valence-corrected chi connectivity index (χ3v) is 11.4. The van der Waals surface area contributed by atoms with Gasteiger partial charge in [-0.05, 0) is 76.1 Å². The van der Waals surface area contributed by atoms with Crippen LogP contribution in [0, 0.1) is 25.2 Å². The van der Waals surface area contributed by atoms with Crippen LogP contribution in [0.25, 0.3) is 0 Å². The fourth-order valence-electron chi connectivity index (χ4n) is 8.81. The standard InChI is InChI=1S/C44H52N6O6S/c1-9-17-54-40-26(5)41(55-18-10-2)42(56-19-11-3)36-30(40)22-32-37-35-28(20-25(4)39(53-8)38(35)51)21-31(49(37)7)33(23-45)50(32)34(36)24-46-43(52)27(6)47-44(57)48-29-15-13-12-14-16-29/h9-16,20,27,31-34,37,51H,1-3,17-19,21-22,24H2,4-8H3,(H,46,52)(H2,47,48,57)/t27-,31+,32-,33-,34-,37?/m0/s1. The van der Waals surface area contributed by atoms with Gasteiger partial charge in [0, 0.05) is 46.6 Å². The number of likely N-dealkylation sites (N-methyl/N-ethyl adjacent to an activating group) is 1. The third kappa shape index (κ3) is 7.77. The molecular formula is C44H52N6O6S. The maximum atomic E-state index is 14.0. The van der Waals surface area contributed by atoms with Gasteiger partial charge in [0.1, 0.15) is 37.7 Å². The lowest BCUT2D eigenvalue weighted by atomic mass is 9.71. The van der Waals surface area contributed by atoms with Crippen molar-refractivity contribution in [3.8, 4) is 34.8 Å². The van der Waals surface area contributed by atoms with Crippen molar-refractivity contribution in [1.82, 2.24) is 20.4 Å². The summed E-state index contributed by atoms with van der Waals surface area (Å²) in [6.07, 6.45) is 5.95. The van der Waals surface area contributed by atoms with Crippen LogP contribution in [0.1, 0.15) is 52.4 Å². The highest BCUT2D eigenvalue weighted by atomic mass is 32.1. The first-order valence-corrected chi connectivity index (χ1v) is 19.5. The van der Waals surface area contributed by atoms with Crippen LogP contribution in [-0.4, -0.2) is 90.6 Å². The summed E-state index contributed by atoms with van der Waals surface area (Å²) in [6, 6.07) is 11.3. The molecule has 1 saturated heterocycles. The molecule has 57 heavy (non-hydrogen) atoms. The van der Waals surface area contributed by atoms with Gasteiger partial charge in [-0.15, -0.1) is 0 Å². The zero-order chi connectivity index (χ0) is 41.0. The Balaban J connectivity index is 1.51. The van der Waals surface area contributed by atoms with Crippen LogP contribution in [-0.2, 0) is 17.6 Å². The second kappa shape index (κ2) is 17.7. The number of hydrogen-bond acceptors (Lipinski definition) is 10. The van der Waals surface area contributed by atoms with E-state index in [1.165, 1.54) is 0 Å². The van der Waals surface area contributed by atoms with E-state index in [2.05, 4.69) is 57.6 Å². The zero-order valence-corrected chi connectivity index (χ0v) is 34.1. The van der Waals surface area contributed by atoms with Crippen molar-refractivity contribution in [2.24, 2.45) is 0 Å². The molecule has 6 rings (SSSR count). The van der Waals surface area contributed by atoms with Gasteiger partial charge in [0.2, 0.25) is 5.91 Å². The number of methoxy groups -OCH3 is 1. The van der Waals surface area contributed by atoms with Gasteiger partial charge in [0.15, 0.2) is 28.1 Å². The smallest absolute Gasteiger partial charge is 0.242 e. The van der Waals surface area contributed by atoms with E-state index in [1.54, 1.807) is 32.3 Å². The minimum Gasteiger partial charge on any atom is -0.504 e. The number of amides is 1. The van der Waals surface area contributed by atoms with Gasteiger partial charge >= 0.3 is 0 Å². The van der Waals surface area contributed by atoms with Crippen LogP contribution in [0.5, 0.6) is 28.7 Å². The number of phenolic OH excluding ortho intramolecular Hbond substituents is 1. The summed E-state index contributed by atoms with van der Waals surface area (Å²) in [4.78, 5) is 18.4. The number of carbonyl (C=O) groups excluding carboxylic acids is 1. The zero-order valence-electron chi connectivity index (χ0n) is 33.3. The molecule has 13 heteroatoms. The summed E-state index contributed by atoms with van der Waals surface area (Å²) in [7, 11) is 3.57. The van der Waals surface area contributed by atoms with Gasteiger partial charge < -0.3 is 40.0 Å². The molecule has 300 valence electrons. The average molecular weight is 793 g/mol. The number of piperazine rings is 1. The normalized spacial score (nSPS) is 21.2. The molecule has 1 fully saturated rings. The Kier molecular flexibility index (Phi) is 12.8. The molecule has 0 radical (unpaired) electrons. The van der Waals surface area contributed by atoms with Gasteiger partial charge in [-0.25, -0.2) is 0 Å². The number of benzene rings is 3. The molecule has 1 unspecified atom stereocenters. The third-order valence-electron chi connectivity index (χ3n) is 11.1. The van der Waals surface area contributed by atoms with Crippen molar-refractivity contribution >= 4 is 28.9 Å². The Morgan fingerprint density at radius 1 is 1.00 bits per heavy atom. The molecule has 2 bridgehead atoms. The summed E-state index contributed by atoms with van der Waals surface area (Å²) in [5.41, 5.74) is 5.70. The summed E-state index contributed by atoms with van der Waals surface area (Å²) < 4.78 is 25.1. The van der Waals surface area contributed by atoms with E-state index in [-0.39, 0.29) is 56.1 Å². The molecule has 3 aromatic rings. The Morgan fingerprint density at radius 2 is 1.65 bits per heavy atom. The molecule has 1 amide bonds. The second-order valence-electron chi connectivity index (χ2n) is 14.6. The summed E-state index contributed by atoms with van der Waals surface area (Å²) in [5.74, 6) is 1.78. The van der Waals surface area contributed by atoms with Crippen LogP contribution in [0.3, 0.4) is 0 Å². The van der Waals surface area contributed by atoms with Gasteiger partial charge in [-0.1, -0.05) is 62.2 Å². The molecule has 3 aliphatic rings. The summed E-state index contributed by atoms with van der Waals surface area (Å²) >= 11 is 5.55. The van der Waals surface area contributed by atoms with Crippen molar-refractivity contribution in [1.29, 1.82) is 5.26 Å². The average Bonchev–Trinajstić information content (AvgIpc) is 3.19. The molecule has 4 N–H and O–H groups in total. The highest BCUT2D eigenvalue weighted by molar-refractivity contribution is 7.80. The molecule has 12 nitrogen and oxygen atoms in total. The first-order valence-electron chi connectivity index (χ1n) is 19.1. The Bertz CT molecular complexity index is 2090. The Hall–Kier alpha value is -5.55. The fraction of sp³-hybridized carbons (Fsp3) is 0.386. The molecule has 3 aliphatic heterocycles. The Labute approximate surface area is 340 Å². The molecule has 0 saturated carbocycles. The topological polar surface area (TPSA) is 141 Å². The lowest BCUT2D eigenvalue weighted by molar-refractivity contribution is -0.123. The number of anilines is 1. The van der Waals surface area contributed by atoms with E-state index in [4.69, 9.17) is 31.2 Å². The molecule has 6 atom stereocenters. The van der Waals surface area contributed by atoms with E-state index in [9.17, 15) is 15.2 Å². The van der Waals surface area contributed by atoms with Crippen LogP contribution in [0.15, 0.2) is 74.4 Å². The maximum absolute atomic E-state index is 14.0. The molecular weight excluding hydrogens is 741 g/mol. The van der Waals surface area contributed by atoms with Crippen molar-refractivity contribution in [3.63, 3.8) is 0 Å². The highest BCUT2D eigenvalue weighted by Gasteiger charge is 2.56. The number of hydrogen-bond donors (Lipinski definition) is 4. The van der Waals surface area contributed by atoms with Gasteiger partial charge in [-0.3, -0.25) is 14.6 Å². The number of nitrogens with one attached hydrogen (secondary N) is 3. The number of carbonyl (C=O) groups is 1. The number of thiocarbonyl (C=S) groups is 1. The van der Waals surface area contributed by atoms with Crippen molar-refractivity contribution in [2.75, 3.05) is 45.8 Å². The van der Waals surface area contributed by atoms with Crippen LogP contribution in [0.4, 0.5) is 5.69 Å². The lowest BCUT2D eigenvalue weighted by Gasteiger charge is -2.60. The predicted molar refractivity (Wildman–Crippen MR) is 225 cm³/mol. The first-order chi connectivity index (χ1) is 27.5. The van der Waals surface area contributed by atoms with E-state index < -0.39 is 18.1 Å². The van der Waals surface area contributed by atoms with E-state index in [0.29, 0.717) is 41.0 Å². The minimum atomic E-state index is -0.710. The quantitative estimate of drug-likeness (QED) is 0.106. The number of para-hydroxylation sites is 1. The van der Waals surface area contributed by atoms with Crippen LogP contribution >= 0.6 is 12.2 Å². The van der Waals surface area contributed by atoms with Crippen molar-refractivity contribution in [3.05, 3.63) is 108 Å². The molecule has 0 aromatic heterocycles. The van der Waals surface area contributed by atoms with Crippen molar-refractivity contribution < 1.29 is 28.8 Å². The Morgan fingerprint density at radius 3 is 2.28 bits per heavy atom. The summed E-state index contributed by atoms with van der Waals surface area (Å²) in [5, 5.41) is 32.7. The number of nitriles is 1. The number of nitrogens with zero attached hydrogens (tertiary/aromatic N) is 3. The largest absolute Gasteiger partial charge is 0.504 e. The molecule has 3 heterocycles. The second-order valence-corrected chi connectivity index (χ2v) is 15.0. The number of aromatic hydroxyl groups is 1. The number of aryl methyl sites for hydroxylation is 1. The van der Waals surface area contributed by atoms with Crippen LogP contribution < -0.4 is 34.9 Å². The number of phenols is 1. The number of rotatable bonds is 15. The SMILES string of the molecule is C=CCOc1c(C)c(OCC=C)c(OCC=C)c2c1C[C@H]1C3c4c(cc(C)c(OC)c4O)C[C@H]([C@H](C#N)N1[C@H]2CNC(=O)[C@H](C)NC(=S)Nc1ccccc1)N3C. The molecule has 0 aliphatic carbocycles. The first kappa shape index (κ1) is 41.1. The maximum Gasteiger partial charge on any atom is 0.242 e. The van der Waals surface area contributed by atoms with Gasteiger partial charge in [0.05, 0.1) is 25.3 Å². The number of ether oxygens (including phenoxy) is 4. The van der Waals surface area contributed by atoms with Crippen molar-refractivity contribution in [2.45, 2.75) is 69.9 Å². The summed E-state index contributed by atoms with van der Waals surface area (Å²) in [6.45, 7) is 18.0. The van der Waals surface area contributed by atoms with Gasteiger partial charge in [0.25, 0.3) is 0 Å². The highest BCUT2D eigenvalue weighted by Crippen LogP contribution is 2.57. The molecule has 0 spiro atoms. The molecule has 3 aromatic carbocycles. The monoisotopic (exact) mass is 792 g/mol.